The van der Waals surface area contributed by atoms with Crippen LogP contribution < -0.4 is 10.6 Å². The fourth-order valence-corrected chi connectivity index (χ4v) is 4.04. The summed E-state index contributed by atoms with van der Waals surface area (Å²) in [6.45, 7) is 11.3. The van der Waals surface area contributed by atoms with Crippen molar-refractivity contribution in [2.75, 3.05) is 60.0 Å². The summed E-state index contributed by atoms with van der Waals surface area (Å²) >= 11 is 0. The molecule has 1 aliphatic heterocycles. The molecule has 0 spiro atoms. The highest BCUT2D eigenvalue weighted by Crippen LogP contribution is 2.21. The number of guanidine groups is 1. The molecule has 0 aromatic rings. The molecule has 6 heteroatoms. The highest BCUT2D eigenvalue weighted by molar-refractivity contribution is 5.79. The summed E-state index contributed by atoms with van der Waals surface area (Å²) < 4.78 is 5.47. The third-order valence-corrected chi connectivity index (χ3v) is 5.96. The van der Waals surface area contributed by atoms with Gasteiger partial charge in [0.2, 0.25) is 0 Å². The highest BCUT2D eigenvalue weighted by atomic mass is 16.5. The molecule has 0 aromatic heterocycles. The molecule has 0 amide bonds. The van der Waals surface area contributed by atoms with Crippen molar-refractivity contribution in [2.24, 2.45) is 4.99 Å². The molecular weight excluding hydrogens is 326 g/mol. The van der Waals surface area contributed by atoms with Crippen molar-refractivity contribution < 1.29 is 4.74 Å². The maximum absolute atomic E-state index is 5.47. The molecule has 1 saturated carbocycles. The van der Waals surface area contributed by atoms with Crippen molar-refractivity contribution in [1.29, 1.82) is 0 Å². The summed E-state index contributed by atoms with van der Waals surface area (Å²) in [5.74, 6) is 0.909. The first-order chi connectivity index (χ1) is 12.5. The average Bonchev–Trinajstić information content (AvgIpc) is 2.68. The maximum atomic E-state index is 5.47. The molecule has 6 nitrogen and oxygen atoms in total. The van der Waals surface area contributed by atoms with Crippen molar-refractivity contribution in [3.63, 3.8) is 0 Å². The van der Waals surface area contributed by atoms with Gasteiger partial charge in [-0.1, -0.05) is 19.3 Å². The summed E-state index contributed by atoms with van der Waals surface area (Å²) in [5.41, 5.74) is 0.0998. The van der Waals surface area contributed by atoms with Gasteiger partial charge in [-0.2, -0.15) is 0 Å². The first-order valence-electron chi connectivity index (χ1n) is 10.5. The quantitative estimate of drug-likeness (QED) is 0.390. The molecule has 2 aliphatic rings. The molecule has 0 bridgehead atoms. The van der Waals surface area contributed by atoms with E-state index in [4.69, 9.17) is 4.74 Å². The number of nitrogens with zero attached hydrogens (tertiary/aromatic N) is 3. The summed E-state index contributed by atoms with van der Waals surface area (Å²) in [5, 5.41) is 6.97. The Kier molecular flexibility index (Phi) is 9.16. The zero-order valence-corrected chi connectivity index (χ0v) is 17.5. The molecule has 1 heterocycles. The number of morpholine rings is 1. The molecule has 2 N–H and O–H groups in total. The topological polar surface area (TPSA) is 52.1 Å². The Labute approximate surface area is 160 Å². The van der Waals surface area contributed by atoms with E-state index in [0.717, 1.165) is 64.4 Å². The minimum atomic E-state index is 0.0998. The van der Waals surface area contributed by atoms with Crippen molar-refractivity contribution in [3.05, 3.63) is 0 Å². The van der Waals surface area contributed by atoms with Crippen LogP contribution >= 0.6 is 0 Å². The van der Waals surface area contributed by atoms with Crippen LogP contribution in [0.15, 0.2) is 4.99 Å². The van der Waals surface area contributed by atoms with E-state index in [0.29, 0.717) is 0 Å². The third kappa shape index (κ3) is 7.05. The highest BCUT2D eigenvalue weighted by Gasteiger charge is 2.28. The predicted molar refractivity (Wildman–Crippen MR) is 110 cm³/mol. The third-order valence-electron chi connectivity index (χ3n) is 5.96. The second-order valence-corrected chi connectivity index (χ2v) is 8.39. The van der Waals surface area contributed by atoms with Gasteiger partial charge in [-0.15, -0.1) is 0 Å². The number of ether oxygens (including phenoxy) is 1. The largest absolute Gasteiger partial charge is 0.379 e. The van der Waals surface area contributed by atoms with Crippen molar-refractivity contribution in [1.82, 2.24) is 20.4 Å². The van der Waals surface area contributed by atoms with E-state index in [1.807, 2.05) is 7.05 Å². The van der Waals surface area contributed by atoms with Crippen LogP contribution in [0.3, 0.4) is 0 Å². The van der Waals surface area contributed by atoms with Crippen LogP contribution in [-0.2, 0) is 4.74 Å². The first-order valence-corrected chi connectivity index (χ1v) is 10.5. The van der Waals surface area contributed by atoms with Crippen LogP contribution in [0.25, 0.3) is 0 Å². The van der Waals surface area contributed by atoms with Gasteiger partial charge in [0.25, 0.3) is 0 Å². The number of rotatable bonds is 8. The first kappa shape index (κ1) is 21.5. The van der Waals surface area contributed by atoms with Gasteiger partial charge in [0.15, 0.2) is 5.96 Å². The smallest absolute Gasteiger partial charge is 0.191 e. The normalized spacial score (nSPS) is 21.2. The lowest BCUT2D eigenvalue weighted by molar-refractivity contribution is -0.00834. The zero-order valence-electron chi connectivity index (χ0n) is 17.5. The van der Waals surface area contributed by atoms with E-state index in [9.17, 15) is 0 Å². The number of aliphatic imine (C=N–C) groups is 1. The maximum Gasteiger partial charge on any atom is 0.191 e. The molecule has 0 aromatic carbocycles. The van der Waals surface area contributed by atoms with E-state index in [-0.39, 0.29) is 5.54 Å². The summed E-state index contributed by atoms with van der Waals surface area (Å²) in [6.07, 6.45) is 8.15. The Hall–Kier alpha value is -0.850. The zero-order chi connectivity index (χ0) is 18.8. The molecule has 0 atom stereocenters. The Morgan fingerprint density at radius 1 is 1.15 bits per heavy atom. The fourth-order valence-electron chi connectivity index (χ4n) is 4.04. The van der Waals surface area contributed by atoms with E-state index in [1.54, 1.807) is 0 Å². The van der Waals surface area contributed by atoms with Crippen molar-refractivity contribution in [2.45, 2.75) is 64.0 Å². The molecule has 1 saturated heterocycles. The number of hydrogen-bond acceptors (Lipinski definition) is 4. The van der Waals surface area contributed by atoms with Gasteiger partial charge in [0.1, 0.15) is 0 Å². The summed E-state index contributed by atoms with van der Waals surface area (Å²) in [7, 11) is 4.14. The number of hydrogen-bond donors (Lipinski definition) is 2. The Bertz CT molecular complexity index is 414. The van der Waals surface area contributed by atoms with Crippen molar-refractivity contribution in [3.8, 4) is 0 Å². The van der Waals surface area contributed by atoms with E-state index < -0.39 is 0 Å². The SMILES string of the molecule is CN=C(NCCCN(C)C1CCCCC1)NCC(C)(C)N1CCOCC1. The minimum absolute atomic E-state index is 0.0998. The van der Waals surface area contributed by atoms with Gasteiger partial charge in [0.05, 0.1) is 13.2 Å². The molecule has 26 heavy (non-hydrogen) atoms. The monoisotopic (exact) mass is 367 g/mol. The molecule has 0 radical (unpaired) electrons. The molecule has 0 unspecified atom stereocenters. The minimum Gasteiger partial charge on any atom is -0.379 e. The standard InChI is InChI=1S/C20H41N5O/c1-20(2,25-13-15-26-16-14-25)17-23-19(21-3)22-11-8-12-24(4)18-9-6-5-7-10-18/h18H,5-17H2,1-4H3,(H2,21,22,23). The summed E-state index contributed by atoms with van der Waals surface area (Å²) in [6, 6.07) is 0.801. The lowest BCUT2D eigenvalue weighted by Gasteiger charge is -2.41. The lowest BCUT2D eigenvalue weighted by Crippen LogP contribution is -2.56. The molecular formula is C20H41N5O. The van der Waals surface area contributed by atoms with Crippen LogP contribution in [0.5, 0.6) is 0 Å². The lowest BCUT2D eigenvalue weighted by atomic mass is 9.94. The van der Waals surface area contributed by atoms with Crippen LogP contribution in [0.4, 0.5) is 0 Å². The van der Waals surface area contributed by atoms with Gasteiger partial charge >= 0.3 is 0 Å². The Balaban J connectivity index is 1.62. The van der Waals surface area contributed by atoms with Gasteiger partial charge < -0.3 is 20.3 Å². The van der Waals surface area contributed by atoms with Gasteiger partial charge in [-0.25, -0.2) is 0 Å². The second-order valence-electron chi connectivity index (χ2n) is 8.39. The molecule has 1 aliphatic carbocycles. The van der Waals surface area contributed by atoms with E-state index >= 15 is 0 Å². The van der Waals surface area contributed by atoms with Gasteiger partial charge in [-0.05, 0) is 46.7 Å². The molecule has 2 fully saturated rings. The van der Waals surface area contributed by atoms with Crippen molar-refractivity contribution >= 4 is 5.96 Å². The van der Waals surface area contributed by atoms with E-state index in [1.165, 1.54) is 32.1 Å². The number of nitrogens with one attached hydrogen (secondary N) is 2. The van der Waals surface area contributed by atoms with Gasteiger partial charge in [0, 0.05) is 44.8 Å². The Morgan fingerprint density at radius 2 is 1.85 bits per heavy atom. The second kappa shape index (κ2) is 11.1. The average molecular weight is 368 g/mol. The molecule has 152 valence electrons. The van der Waals surface area contributed by atoms with Crippen LogP contribution in [0.2, 0.25) is 0 Å². The van der Waals surface area contributed by atoms with Crippen LogP contribution in [0.1, 0.15) is 52.4 Å². The Morgan fingerprint density at radius 3 is 2.50 bits per heavy atom. The van der Waals surface area contributed by atoms with E-state index in [2.05, 4.69) is 46.3 Å². The fraction of sp³-hybridized carbons (Fsp3) is 0.950. The van der Waals surface area contributed by atoms with Crippen LogP contribution in [0, 0.1) is 0 Å². The summed E-state index contributed by atoms with van der Waals surface area (Å²) in [4.78, 5) is 9.43. The molecule has 2 rings (SSSR count). The van der Waals surface area contributed by atoms with Crippen LogP contribution in [-0.4, -0.2) is 87.4 Å². The van der Waals surface area contributed by atoms with Gasteiger partial charge in [-0.3, -0.25) is 9.89 Å². The predicted octanol–water partition coefficient (Wildman–Crippen LogP) is 1.92.